The van der Waals surface area contributed by atoms with Crippen LogP contribution in [0.2, 0.25) is 0 Å². The highest BCUT2D eigenvalue weighted by molar-refractivity contribution is 4.88. The number of likely N-dealkylation sites (N-methyl/N-ethyl adjacent to an activating group) is 1. The molecule has 3 heteroatoms. The Labute approximate surface area is 126 Å². The number of hydrogen-bond donors (Lipinski definition) is 1. The van der Waals surface area contributed by atoms with Gasteiger partial charge in [0.2, 0.25) is 0 Å². The smallest absolute Gasteiger partial charge is 0.0278 e. The van der Waals surface area contributed by atoms with Gasteiger partial charge >= 0.3 is 0 Å². The lowest BCUT2D eigenvalue weighted by atomic mass is 9.95. The van der Waals surface area contributed by atoms with Crippen LogP contribution in [0, 0.1) is 0 Å². The summed E-state index contributed by atoms with van der Waals surface area (Å²) in [6.07, 6.45) is 9.97. The second-order valence-corrected chi connectivity index (χ2v) is 7.53. The summed E-state index contributed by atoms with van der Waals surface area (Å²) in [6.45, 7) is 10.8. The van der Waals surface area contributed by atoms with E-state index in [2.05, 4.69) is 36.0 Å². The molecule has 3 nitrogen and oxygen atoms in total. The van der Waals surface area contributed by atoms with E-state index in [4.69, 9.17) is 0 Å². The molecule has 0 aromatic rings. The Balaban J connectivity index is 1.75. The Morgan fingerprint density at radius 2 is 1.45 bits per heavy atom. The standard InChI is InChI=1S/C17H35N3/c1-17(2,20-13-11-19(3)12-14-20)15-18-16-9-7-5-4-6-8-10-16/h16,18H,4-15H2,1-3H3. The molecule has 1 saturated heterocycles. The Hall–Kier alpha value is -0.120. The summed E-state index contributed by atoms with van der Waals surface area (Å²) in [5.41, 5.74) is 0.295. The van der Waals surface area contributed by atoms with Gasteiger partial charge < -0.3 is 10.2 Å². The summed E-state index contributed by atoms with van der Waals surface area (Å²) in [6, 6.07) is 0.766. The van der Waals surface area contributed by atoms with Crippen molar-refractivity contribution in [3.05, 3.63) is 0 Å². The highest BCUT2D eigenvalue weighted by Crippen LogP contribution is 2.20. The van der Waals surface area contributed by atoms with Crippen LogP contribution in [-0.4, -0.2) is 61.2 Å². The van der Waals surface area contributed by atoms with Crippen molar-refractivity contribution in [2.75, 3.05) is 39.8 Å². The summed E-state index contributed by atoms with van der Waals surface area (Å²) >= 11 is 0. The minimum absolute atomic E-state index is 0.295. The van der Waals surface area contributed by atoms with E-state index >= 15 is 0 Å². The SMILES string of the molecule is CN1CCN(C(C)(C)CNC2CCCCCCC2)CC1. The number of nitrogens with zero attached hydrogens (tertiary/aromatic N) is 2. The minimum Gasteiger partial charge on any atom is -0.312 e. The van der Waals surface area contributed by atoms with Crippen molar-refractivity contribution >= 4 is 0 Å². The van der Waals surface area contributed by atoms with Crippen LogP contribution in [-0.2, 0) is 0 Å². The molecular formula is C17H35N3. The van der Waals surface area contributed by atoms with Gasteiger partial charge in [-0.15, -0.1) is 0 Å². The second kappa shape index (κ2) is 7.77. The predicted molar refractivity (Wildman–Crippen MR) is 87.3 cm³/mol. The van der Waals surface area contributed by atoms with Crippen LogP contribution in [0.4, 0.5) is 0 Å². The molecule has 0 spiro atoms. The van der Waals surface area contributed by atoms with E-state index < -0.39 is 0 Å². The Morgan fingerprint density at radius 3 is 2.05 bits per heavy atom. The maximum Gasteiger partial charge on any atom is 0.0278 e. The highest BCUT2D eigenvalue weighted by Gasteiger charge is 2.29. The molecule has 2 rings (SSSR count). The monoisotopic (exact) mass is 281 g/mol. The summed E-state index contributed by atoms with van der Waals surface area (Å²) in [5.74, 6) is 0. The summed E-state index contributed by atoms with van der Waals surface area (Å²) in [7, 11) is 2.23. The van der Waals surface area contributed by atoms with Gasteiger partial charge in [0.1, 0.15) is 0 Å². The Kier molecular flexibility index (Phi) is 6.31. The van der Waals surface area contributed by atoms with E-state index in [9.17, 15) is 0 Å². The van der Waals surface area contributed by atoms with Crippen molar-refractivity contribution in [1.82, 2.24) is 15.1 Å². The zero-order valence-corrected chi connectivity index (χ0v) is 14.0. The van der Waals surface area contributed by atoms with E-state index in [0.717, 1.165) is 12.6 Å². The lowest BCUT2D eigenvalue weighted by Gasteiger charge is -2.44. The van der Waals surface area contributed by atoms with E-state index in [1.807, 2.05) is 0 Å². The quantitative estimate of drug-likeness (QED) is 0.855. The van der Waals surface area contributed by atoms with Crippen LogP contribution < -0.4 is 5.32 Å². The molecule has 0 aromatic carbocycles. The van der Waals surface area contributed by atoms with E-state index in [-0.39, 0.29) is 0 Å². The first-order valence-electron chi connectivity index (χ1n) is 8.75. The summed E-state index contributed by atoms with van der Waals surface area (Å²) in [5, 5.41) is 3.88. The number of hydrogen-bond acceptors (Lipinski definition) is 3. The van der Waals surface area contributed by atoms with Crippen molar-refractivity contribution in [3.63, 3.8) is 0 Å². The van der Waals surface area contributed by atoms with Crippen LogP contribution in [0.1, 0.15) is 58.8 Å². The first-order chi connectivity index (χ1) is 9.58. The van der Waals surface area contributed by atoms with E-state index in [0.29, 0.717) is 5.54 Å². The minimum atomic E-state index is 0.295. The van der Waals surface area contributed by atoms with Crippen LogP contribution in [0.5, 0.6) is 0 Å². The number of piperazine rings is 1. The molecule has 0 unspecified atom stereocenters. The molecular weight excluding hydrogens is 246 g/mol. The molecule has 118 valence electrons. The van der Waals surface area contributed by atoms with Crippen LogP contribution in [0.25, 0.3) is 0 Å². The average Bonchev–Trinajstić information content (AvgIpc) is 2.38. The van der Waals surface area contributed by atoms with Crippen LogP contribution in [0.3, 0.4) is 0 Å². The fourth-order valence-corrected chi connectivity index (χ4v) is 3.58. The van der Waals surface area contributed by atoms with Gasteiger partial charge in [-0.05, 0) is 33.7 Å². The van der Waals surface area contributed by atoms with Gasteiger partial charge in [-0.25, -0.2) is 0 Å². The summed E-state index contributed by atoms with van der Waals surface area (Å²) < 4.78 is 0. The number of rotatable bonds is 4. The van der Waals surface area contributed by atoms with Crippen molar-refractivity contribution in [1.29, 1.82) is 0 Å². The van der Waals surface area contributed by atoms with Crippen molar-refractivity contribution in [2.45, 2.75) is 70.4 Å². The third kappa shape index (κ3) is 5.01. The average molecular weight is 281 g/mol. The maximum absolute atomic E-state index is 3.88. The zero-order chi connectivity index (χ0) is 14.4. The van der Waals surface area contributed by atoms with Crippen LogP contribution >= 0.6 is 0 Å². The molecule has 2 aliphatic rings. The lowest BCUT2D eigenvalue weighted by molar-refractivity contribution is 0.0595. The third-order valence-electron chi connectivity index (χ3n) is 5.29. The molecule has 0 bridgehead atoms. The van der Waals surface area contributed by atoms with Gasteiger partial charge in [0.15, 0.2) is 0 Å². The Bertz CT molecular complexity index is 261. The summed E-state index contributed by atoms with van der Waals surface area (Å²) in [4.78, 5) is 5.11. The fraction of sp³-hybridized carbons (Fsp3) is 1.00. The van der Waals surface area contributed by atoms with Crippen molar-refractivity contribution < 1.29 is 0 Å². The molecule has 0 radical (unpaired) electrons. The highest BCUT2D eigenvalue weighted by atomic mass is 15.3. The first kappa shape index (κ1) is 16.3. The molecule has 1 saturated carbocycles. The van der Waals surface area contributed by atoms with Gasteiger partial charge in [0, 0.05) is 44.3 Å². The largest absolute Gasteiger partial charge is 0.312 e. The third-order valence-corrected chi connectivity index (χ3v) is 5.29. The fourth-order valence-electron chi connectivity index (χ4n) is 3.58. The Morgan fingerprint density at radius 1 is 0.900 bits per heavy atom. The topological polar surface area (TPSA) is 18.5 Å². The molecule has 0 aromatic heterocycles. The van der Waals surface area contributed by atoms with E-state index in [1.54, 1.807) is 0 Å². The van der Waals surface area contributed by atoms with Crippen molar-refractivity contribution in [3.8, 4) is 0 Å². The maximum atomic E-state index is 3.88. The van der Waals surface area contributed by atoms with Gasteiger partial charge in [0.25, 0.3) is 0 Å². The molecule has 2 fully saturated rings. The first-order valence-corrected chi connectivity index (χ1v) is 8.75. The number of nitrogens with one attached hydrogen (secondary N) is 1. The second-order valence-electron chi connectivity index (χ2n) is 7.53. The normalized spacial score (nSPS) is 25.4. The van der Waals surface area contributed by atoms with Gasteiger partial charge in [-0.2, -0.15) is 0 Å². The van der Waals surface area contributed by atoms with Gasteiger partial charge in [-0.3, -0.25) is 4.90 Å². The van der Waals surface area contributed by atoms with Crippen molar-refractivity contribution in [2.24, 2.45) is 0 Å². The molecule has 1 heterocycles. The van der Waals surface area contributed by atoms with Gasteiger partial charge in [0.05, 0.1) is 0 Å². The molecule has 1 aliphatic heterocycles. The van der Waals surface area contributed by atoms with E-state index in [1.165, 1.54) is 71.1 Å². The van der Waals surface area contributed by atoms with Gasteiger partial charge in [-0.1, -0.05) is 32.1 Å². The lowest BCUT2D eigenvalue weighted by Crippen LogP contribution is -2.58. The molecule has 0 atom stereocenters. The molecule has 20 heavy (non-hydrogen) atoms. The molecule has 1 aliphatic carbocycles. The zero-order valence-electron chi connectivity index (χ0n) is 14.0. The molecule has 1 N–H and O–H groups in total. The predicted octanol–water partition coefficient (Wildman–Crippen LogP) is 2.71. The van der Waals surface area contributed by atoms with Crippen LogP contribution in [0.15, 0.2) is 0 Å². The molecule has 0 amide bonds.